The number of amides is 2. The fourth-order valence-electron chi connectivity index (χ4n) is 2.99. The van der Waals surface area contributed by atoms with E-state index < -0.39 is 16.0 Å². The van der Waals surface area contributed by atoms with Crippen LogP contribution in [0.1, 0.15) is 11.1 Å². The Bertz CT molecular complexity index is 1310. The van der Waals surface area contributed by atoms with Crippen LogP contribution in [0.2, 0.25) is 5.02 Å². The van der Waals surface area contributed by atoms with Crippen LogP contribution in [0.3, 0.4) is 0 Å². The zero-order valence-electron chi connectivity index (χ0n) is 16.5. The number of thioether (sulfide) groups is 1. The summed E-state index contributed by atoms with van der Waals surface area (Å²) in [5.41, 5.74) is 1.37. The van der Waals surface area contributed by atoms with E-state index in [1.165, 1.54) is 47.4 Å². The third-order valence-electron chi connectivity index (χ3n) is 4.52. The molecule has 0 bridgehead atoms. The van der Waals surface area contributed by atoms with Gasteiger partial charge in [-0.15, -0.1) is 0 Å². The van der Waals surface area contributed by atoms with Gasteiger partial charge < -0.3 is 4.18 Å². The zero-order chi connectivity index (χ0) is 22.7. The fourth-order valence-corrected chi connectivity index (χ4v) is 4.87. The van der Waals surface area contributed by atoms with Crippen molar-refractivity contribution >= 4 is 50.7 Å². The Morgan fingerprint density at radius 3 is 2.38 bits per heavy atom. The first kappa shape index (κ1) is 22.1. The number of carbonyl (C=O) groups is 2. The van der Waals surface area contributed by atoms with Crippen LogP contribution in [0.4, 0.5) is 4.79 Å². The van der Waals surface area contributed by atoms with Crippen LogP contribution in [0, 0.1) is 0 Å². The lowest BCUT2D eigenvalue weighted by molar-refractivity contribution is -0.123. The molecule has 3 aromatic rings. The van der Waals surface area contributed by atoms with Gasteiger partial charge in [-0.1, -0.05) is 54.1 Å². The van der Waals surface area contributed by atoms with Crippen molar-refractivity contribution in [3.05, 3.63) is 99.9 Å². The van der Waals surface area contributed by atoms with Gasteiger partial charge in [0, 0.05) is 5.02 Å². The minimum Gasteiger partial charge on any atom is -0.379 e. The van der Waals surface area contributed by atoms with Gasteiger partial charge in [0.05, 0.1) is 11.4 Å². The van der Waals surface area contributed by atoms with Gasteiger partial charge in [-0.3, -0.25) is 14.5 Å². The summed E-state index contributed by atoms with van der Waals surface area (Å²) in [5, 5.41) is 0.0509. The molecule has 1 heterocycles. The maximum Gasteiger partial charge on any atom is 0.339 e. The van der Waals surface area contributed by atoms with E-state index in [1.54, 1.807) is 12.1 Å². The number of hydrogen-bond donors (Lipinski definition) is 0. The van der Waals surface area contributed by atoms with Crippen LogP contribution >= 0.6 is 23.4 Å². The van der Waals surface area contributed by atoms with E-state index in [-0.39, 0.29) is 27.3 Å². The molecule has 6 nitrogen and oxygen atoms in total. The molecule has 0 N–H and O–H groups in total. The molecule has 2 amide bonds. The number of carbonyl (C=O) groups excluding carboxylic acids is 2. The largest absolute Gasteiger partial charge is 0.379 e. The summed E-state index contributed by atoms with van der Waals surface area (Å²) in [5.74, 6) is -0.318. The Morgan fingerprint density at radius 1 is 0.938 bits per heavy atom. The molecule has 162 valence electrons. The van der Waals surface area contributed by atoms with Gasteiger partial charge in [0.1, 0.15) is 10.6 Å². The lowest BCUT2D eigenvalue weighted by Crippen LogP contribution is -2.27. The molecular weight excluding hydrogens is 470 g/mol. The van der Waals surface area contributed by atoms with E-state index >= 15 is 0 Å². The Morgan fingerprint density at radius 2 is 1.66 bits per heavy atom. The maximum atomic E-state index is 12.7. The SMILES string of the molecule is O=C1S/C(=C\c2cccc(OS(=O)(=O)c3ccc(Cl)cc3)c2)C(=O)N1Cc1ccccc1. The molecule has 9 heteroatoms. The van der Waals surface area contributed by atoms with Gasteiger partial charge in [-0.05, 0) is 65.4 Å². The van der Waals surface area contributed by atoms with Gasteiger partial charge >= 0.3 is 10.1 Å². The molecule has 0 atom stereocenters. The quantitative estimate of drug-likeness (QED) is 0.346. The van der Waals surface area contributed by atoms with Crippen LogP contribution in [0.25, 0.3) is 6.08 Å². The first-order chi connectivity index (χ1) is 15.3. The molecule has 0 radical (unpaired) electrons. The second-order valence-electron chi connectivity index (χ2n) is 6.82. The number of benzene rings is 3. The lowest BCUT2D eigenvalue weighted by atomic mass is 10.2. The van der Waals surface area contributed by atoms with Crippen molar-refractivity contribution < 1.29 is 22.2 Å². The van der Waals surface area contributed by atoms with Crippen LogP contribution in [0.5, 0.6) is 5.75 Å². The van der Waals surface area contributed by atoms with E-state index in [1.807, 2.05) is 30.3 Å². The predicted octanol–water partition coefficient (Wildman–Crippen LogP) is 5.34. The summed E-state index contributed by atoms with van der Waals surface area (Å²) < 4.78 is 30.2. The van der Waals surface area contributed by atoms with Crippen molar-refractivity contribution in [2.75, 3.05) is 0 Å². The van der Waals surface area contributed by atoms with Crippen molar-refractivity contribution in [2.24, 2.45) is 0 Å². The molecule has 1 aliphatic heterocycles. The topological polar surface area (TPSA) is 80.8 Å². The minimum absolute atomic E-state index is 0.0330. The van der Waals surface area contributed by atoms with Crippen LogP contribution in [0.15, 0.2) is 88.7 Å². The summed E-state index contributed by atoms with van der Waals surface area (Å²) in [6, 6.07) is 21.1. The molecule has 1 aliphatic rings. The summed E-state index contributed by atoms with van der Waals surface area (Å²) in [4.78, 5) is 26.5. The van der Waals surface area contributed by atoms with Crippen molar-refractivity contribution in [1.29, 1.82) is 0 Å². The fraction of sp³-hybridized carbons (Fsp3) is 0.0435. The highest BCUT2D eigenvalue weighted by atomic mass is 35.5. The van der Waals surface area contributed by atoms with E-state index in [4.69, 9.17) is 15.8 Å². The standard InChI is InChI=1S/C23H16ClNO5S2/c24-18-9-11-20(12-10-18)32(28,29)30-19-8-4-7-17(13-19)14-21-22(26)25(23(27)31-21)15-16-5-2-1-3-6-16/h1-14H,15H2/b21-14-. The molecule has 4 rings (SSSR count). The van der Waals surface area contributed by atoms with Crippen LogP contribution < -0.4 is 4.18 Å². The third-order valence-corrected chi connectivity index (χ3v) is 6.94. The van der Waals surface area contributed by atoms with Crippen molar-refractivity contribution in [1.82, 2.24) is 4.90 Å². The number of halogens is 1. The molecule has 3 aromatic carbocycles. The molecule has 0 spiro atoms. The van der Waals surface area contributed by atoms with Gasteiger partial charge in [0.2, 0.25) is 0 Å². The zero-order valence-corrected chi connectivity index (χ0v) is 18.9. The molecule has 1 saturated heterocycles. The average molecular weight is 486 g/mol. The minimum atomic E-state index is -4.05. The van der Waals surface area contributed by atoms with E-state index in [2.05, 4.69) is 0 Å². The molecular formula is C23H16ClNO5S2. The molecule has 0 saturated carbocycles. The number of nitrogens with zero attached hydrogens (tertiary/aromatic N) is 1. The first-order valence-corrected chi connectivity index (χ1v) is 12.0. The van der Waals surface area contributed by atoms with Crippen molar-refractivity contribution in [3.8, 4) is 5.75 Å². The highest BCUT2D eigenvalue weighted by Gasteiger charge is 2.35. The predicted molar refractivity (Wildman–Crippen MR) is 124 cm³/mol. The van der Waals surface area contributed by atoms with Crippen LogP contribution in [-0.4, -0.2) is 24.5 Å². The summed E-state index contributed by atoms with van der Waals surface area (Å²) >= 11 is 6.64. The second-order valence-corrected chi connectivity index (χ2v) is 9.79. The van der Waals surface area contributed by atoms with E-state index in [0.29, 0.717) is 10.6 Å². The molecule has 1 fully saturated rings. The Kier molecular flexibility index (Phi) is 6.36. The summed E-state index contributed by atoms with van der Waals surface area (Å²) in [7, 11) is -4.05. The highest BCUT2D eigenvalue weighted by molar-refractivity contribution is 8.18. The number of hydrogen-bond acceptors (Lipinski definition) is 6. The highest BCUT2D eigenvalue weighted by Crippen LogP contribution is 2.34. The maximum absolute atomic E-state index is 12.7. The first-order valence-electron chi connectivity index (χ1n) is 9.41. The second kappa shape index (κ2) is 9.20. The number of imide groups is 1. The lowest BCUT2D eigenvalue weighted by Gasteiger charge is -2.12. The summed E-state index contributed by atoms with van der Waals surface area (Å²) in [6.07, 6.45) is 1.54. The van der Waals surface area contributed by atoms with Crippen molar-refractivity contribution in [2.45, 2.75) is 11.4 Å². The summed E-state index contributed by atoms with van der Waals surface area (Å²) in [6.45, 7) is 0.186. The molecule has 0 aliphatic carbocycles. The Labute approximate surface area is 194 Å². The van der Waals surface area contributed by atoms with E-state index in [0.717, 1.165) is 17.3 Å². The number of rotatable bonds is 6. The van der Waals surface area contributed by atoms with Gasteiger partial charge in [-0.2, -0.15) is 8.42 Å². The van der Waals surface area contributed by atoms with E-state index in [9.17, 15) is 18.0 Å². The smallest absolute Gasteiger partial charge is 0.339 e. The third kappa shape index (κ3) is 5.04. The van der Waals surface area contributed by atoms with Gasteiger partial charge in [0.25, 0.3) is 11.1 Å². The monoisotopic (exact) mass is 485 g/mol. The van der Waals surface area contributed by atoms with Gasteiger partial charge in [-0.25, -0.2) is 0 Å². The van der Waals surface area contributed by atoms with Crippen LogP contribution in [-0.2, 0) is 21.5 Å². The Hall–Kier alpha value is -3.07. The molecule has 0 aromatic heterocycles. The Balaban J connectivity index is 1.53. The molecule has 0 unspecified atom stereocenters. The van der Waals surface area contributed by atoms with Crippen molar-refractivity contribution in [3.63, 3.8) is 0 Å². The normalized spacial score (nSPS) is 15.4. The van der Waals surface area contributed by atoms with Gasteiger partial charge in [0.15, 0.2) is 0 Å². The molecule has 32 heavy (non-hydrogen) atoms. The average Bonchev–Trinajstić information content (AvgIpc) is 3.02.